The molecule has 0 aliphatic carbocycles. The number of nitrogens with zero attached hydrogens (tertiary/aromatic N) is 1. The van der Waals surface area contributed by atoms with Crippen LogP contribution >= 0.6 is 11.6 Å². The molecule has 6 nitrogen and oxygen atoms in total. The minimum atomic E-state index is -4.69. The number of sulfonamides is 1. The van der Waals surface area contributed by atoms with Crippen molar-refractivity contribution in [1.29, 1.82) is 0 Å². The van der Waals surface area contributed by atoms with Crippen LogP contribution in [-0.4, -0.2) is 43.6 Å². The first-order chi connectivity index (χ1) is 11.0. The molecule has 1 amide bonds. The van der Waals surface area contributed by atoms with Crippen molar-refractivity contribution in [3.8, 4) is 0 Å². The summed E-state index contributed by atoms with van der Waals surface area (Å²) >= 11 is 5.74. The van der Waals surface area contributed by atoms with Crippen LogP contribution in [0.5, 0.6) is 0 Å². The van der Waals surface area contributed by atoms with Gasteiger partial charge in [-0.15, -0.1) is 0 Å². The van der Waals surface area contributed by atoms with E-state index in [1.807, 2.05) is 0 Å². The summed E-state index contributed by atoms with van der Waals surface area (Å²) in [6.45, 7) is 0.275. The lowest BCUT2D eigenvalue weighted by molar-refractivity contribution is -0.137. The molecular formula is C13H14ClF3N2O4S. The van der Waals surface area contributed by atoms with Gasteiger partial charge in [-0.05, 0) is 31.0 Å². The zero-order chi connectivity index (χ0) is 18.1. The number of carbonyl (C=O) groups is 1. The molecule has 11 heteroatoms. The van der Waals surface area contributed by atoms with E-state index in [9.17, 15) is 26.4 Å². The van der Waals surface area contributed by atoms with Crippen LogP contribution in [0.4, 0.5) is 18.0 Å². The smallest absolute Gasteiger partial charge is 0.416 e. The van der Waals surface area contributed by atoms with Crippen LogP contribution in [0.2, 0.25) is 5.02 Å². The summed E-state index contributed by atoms with van der Waals surface area (Å²) in [5, 5.41) is 8.52. The first-order valence-corrected chi connectivity index (χ1v) is 8.74. The summed E-state index contributed by atoms with van der Waals surface area (Å²) in [6.07, 6.45) is -5.34. The number of alkyl halides is 3. The van der Waals surface area contributed by atoms with Crippen LogP contribution in [0.3, 0.4) is 0 Å². The van der Waals surface area contributed by atoms with Crippen LogP contribution in [0.25, 0.3) is 0 Å². The fourth-order valence-electron chi connectivity index (χ4n) is 2.36. The molecule has 2 N–H and O–H groups in total. The Labute approximate surface area is 141 Å². The summed E-state index contributed by atoms with van der Waals surface area (Å²) in [7, 11) is -4.26. The zero-order valence-electron chi connectivity index (χ0n) is 12.2. The second-order valence-electron chi connectivity index (χ2n) is 5.31. The lowest BCUT2D eigenvalue weighted by Crippen LogP contribution is -2.46. The quantitative estimate of drug-likeness (QED) is 0.836. The predicted molar refractivity (Wildman–Crippen MR) is 79.4 cm³/mol. The standard InChI is InChI=1S/C13H14ClF3N2O4S/c14-10-2-1-8(13(15,16)17)7-11(10)24(22,23)18-9-3-5-19(6-4-9)12(20)21/h1-2,7,9,18H,3-6H2,(H,20,21). The van der Waals surface area contributed by atoms with Gasteiger partial charge >= 0.3 is 12.3 Å². The minimum Gasteiger partial charge on any atom is -0.465 e. The van der Waals surface area contributed by atoms with E-state index in [0.29, 0.717) is 12.1 Å². The van der Waals surface area contributed by atoms with E-state index in [0.717, 1.165) is 11.0 Å². The maximum atomic E-state index is 12.7. The summed E-state index contributed by atoms with van der Waals surface area (Å²) in [6, 6.07) is 1.49. The summed E-state index contributed by atoms with van der Waals surface area (Å²) < 4.78 is 65.2. The third-order valence-electron chi connectivity index (χ3n) is 3.64. The number of piperidine rings is 1. The van der Waals surface area contributed by atoms with Gasteiger partial charge < -0.3 is 10.0 Å². The predicted octanol–water partition coefficient (Wildman–Crippen LogP) is 2.78. The van der Waals surface area contributed by atoms with Crippen molar-refractivity contribution < 1.29 is 31.5 Å². The number of amides is 1. The van der Waals surface area contributed by atoms with Crippen molar-refractivity contribution in [2.24, 2.45) is 0 Å². The fraction of sp³-hybridized carbons (Fsp3) is 0.462. The van der Waals surface area contributed by atoms with Gasteiger partial charge in [0, 0.05) is 19.1 Å². The molecule has 0 bridgehead atoms. The van der Waals surface area contributed by atoms with Gasteiger partial charge in [-0.1, -0.05) is 11.6 Å². The topological polar surface area (TPSA) is 86.7 Å². The Morgan fingerprint density at radius 3 is 2.38 bits per heavy atom. The van der Waals surface area contributed by atoms with Gasteiger partial charge in [0.2, 0.25) is 10.0 Å². The number of halogens is 4. The van der Waals surface area contributed by atoms with Crippen molar-refractivity contribution in [1.82, 2.24) is 9.62 Å². The van der Waals surface area contributed by atoms with E-state index in [1.165, 1.54) is 0 Å². The van der Waals surface area contributed by atoms with E-state index in [-0.39, 0.29) is 31.0 Å². The number of hydrogen-bond acceptors (Lipinski definition) is 3. The average molecular weight is 387 g/mol. The van der Waals surface area contributed by atoms with Crippen molar-refractivity contribution in [2.75, 3.05) is 13.1 Å². The number of likely N-dealkylation sites (tertiary alicyclic amines) is 1. The number of rotatable bonds is 3. The monoisotopic (exact) mass is 386 g/mol. The molecule has 2 rings (SSSR count). The van der Waals surface area contributed by atoms with Crippen LogP contribution in [-0.2, 0) is 16.2 Å². The van der Waals surface area contributed by atoms with E-state index >= 15 is 0 Å². The van der Waals surface area contributed by atoms with Crippen molar-refractivity contribution in [2.45, 2.75) is 30.0 Å². The van der Waals surface area contributed by atoms with Gasteiger partial charge in [0.1, 0.15) is 4.90 Å². The molecule has 134 valence electrons. The SMILES string of the molecule is O=C(O)N1CCC(NS(=O)(=O)c2cc(C(F)(F)F)ccc2Cl)CC1. The molecule has 1 fully saturated rings. The van der Waals surface area contributed by atoms with Crippen molar-refractivity contribution in [3.63, 3.8) is 0 Å². The number of nitrogens with one attached hydrogen (secondary N) is 1. The molecule has 1 saturated heterocycles. The molecule has 0 radical (unpaired) electrons. The lowest BCUT2D eigenvalue weighted by Gasteiger charge is -2.30. The molecule has 1 heterocycles. The van der Waals surface area contributed by atoms with Crippen LogP contribution in [0, 0.1) is 0 Å². The van der Waals surface area contributed by atoms with E-state index in [1.54, 1.807) is 0 Å². The fourth-order valence-corrected chi connectivity index (χ4v) is 4.19. The molecule has 1 aliphatic heterocycles. The number of hydrogen-bond donors (Lipinski definition) is 2. The normalized spacial score (nSPS) is 17.1. The molecule has 0 atom stereocenters. The van der Waals surface area contributed by atoms with Gasteiger partial charge in [0.05, 0.1) is 10.6 Å². The second-order valence-corrected chi connectivity index (χ2v) is 7.40. The van der Waals surface area contributed by atoms with Gasteiger partial charge in [-0.3, -0.25) is 0 Å². The molecule has 0 unspecified atom stereocenters. The first kappa shape index (κ1) is 18.8. The second kappa shape index (κ2) is 6.77. The van der Waals surface area contributed by atoms with E-state index in [4.69, 9.17) is 16.7 Å². The van der Waals surface area contributed by atoms with Crippen LogP contribution in [0.1, 0.15) is 18.4 Å². The third-order valence-corrected chi connectivity index (χ3v) is 5.64. The highest BCUT2D eigenvalue weighted by molar-refractivity contribution is 7.89. The average Bonchev–Trinajstić information content (AvgIpc) is 2.46. The Bertz CT molecular complexity index is 731. The Morgan fingerprint density at radius 2 is 1.88 bits per heavy atom. The molecule has 0 spiro atoms. The summed E-state index contributed by atoms with van der Waals surface area (Å²) in [5.74, 6) is 0. The van der Waals surface area contributed by atoms with Crippen LogP contribution in [0.15, 0.2) is 23.1 Å². The third kappa shape index (κ3) is 4.31. The summed E-state index contributed by atoms with van der Waals surface area (Å²) in [5.41, 5.74) is -1.12. The highest BCUT2D eigenvalue weighted by Crippen LogP contribution is 2.33. The highest BCUT2D eigenvalue weighted by atomic mass is 35.5. The Kier molecular flexibility index (Phi) is 5.31. The Balaban J connectivity index is 2.18. The number of benzene rings is 1. The largest absolute Gasteiger partial charge is 0.465 e. The Morgan fingerprint density at radius 1 is 1.29 bits per heavy atom. The maximum absolute atomic E-state index is 12.7. The van der Waals surface area contributed by atoms with Crippen LogP contribution < -0.4 is 4.72 Å². The molecule has 1 aliphatic rings. The molecular weight excluding hydrogens is 373 g/mol. The van der Waals surface area contributed by atoms with Gasteiger partial charge in [-0.25, -0.2) is 17.9 Å². The van der Waals surface area contributed by atoms with Gasteiger partial charge in [0.25, 0.3) is 0 Å². The zero-order valence-corrected chi connectivity index (χ0v) is 13.7. The Hall–Kier alpha value is -1.52. The molecule has 0 aromatic heterocycles. The van der Waals surface area contributed by atoms with Crippen molar-refractivity contribution >= 4 is 27.7 Å². The highest BCUT2D eigenvalue weighted by Gasteiger charge is 2.33. The minimum absolute atomic E-state index is 0.138. The molecule has 24 heavy (non-hydrogen) atoms. The van der Waals surface area contributed by atoms with E-state index in [2.05, 4.69) is 4.72 Å². The van der Waals surface area contributed by atoms with Gasteiger partial charge in [0.15, 0.2) is 0 Å². The molecule has 1 aromatic rings. The summed E-state index contributed by atoms with van der Waals surface area (Å²) in [4.78, 5) is 11.3. The molecule has 1 aromatic carbocycles. The lowest BCUT2D eigenvalue weighted by atomic mass is 10.1. The van der Waals surface area contributed by atoms with Gasteiger partial charge in [-0.2, -0.15) is 13.2 Å². The maximum Gasteiger partial charge on any atom is 0.416 e. The number of carboxylic acid groups (broad SMARTS) is 1. The first-order valence-electron chi connectivity index (χ1n) is 6.87. The van der Waals surface area contributed by atoms with E-state index < -0.39 is 38.8 Å². The van der Waals surface area contributed by atoms with Crippen molar-refractivity contribution in [3.05, 3.63) is 28.8 Å². The molecule has 0 saturated carbocycles.